The number of hydrogen-bond donors (Lipinski definition) is 1. The molecule has 0 saturated heterocycles. The van der Waals surface area contributed by atoms with Crippen LogP contribution in [0.3, 0.4) is 0 Å². The van der Waals surface area contributed by atoms with Gasteiger partial charge < -0.3 is 0 Å². The van der Waals surface area contributed by atoms with Crippen LogP contribution < -0.4 is 5.32 Å². The summed E-state index contributed by atoms with van der Waals surface area (Å²) in [6.45, 7) is 0. The van der Waals surface area contributed by atoms with Gasteiger partial charge in [0.05, 0.1) is 15.6 Å². The van der Waals surface area contributed by atoms with Crippen LogP contribution in [-0.4, -0.2) is 10.9 Å². The molecule has 1 N–H and O–H groups in total. The second kappa shape index (κ2) is 8.98. The molecule has 3 aromatic rings. The van der Waals surface area contributed by atoms with Crippen molar-refractivity contribution in [3.63, 3.8) is 0 Å². The molecule has 0 fully saturated rings. The Morgan fingerprint density at radius 1 is 1.14 bits per heavy atom. The molecule has 3 rings (SSSR count). The second-order valence-corrected chi connectivity index (χ2v) is 7.93. The lowest BCUT2D eigenvalue weighted by Crippen LogP contribution is -2.07. The average Bonchev–Trinajstić information content (AvgIpc) is 3.09. The smallest absolute Gasteiger partial charge is 0.298 e. The van der Waals surface area contributed by atoms with Crippen molar-refractivity contribution in [2.75, 3.05) is 5.32 Å². The number of carbonyl (C=O) groups excluding carboxylic acids is 1. The van der Waals surface area contributed by atoms with Gasteiger partial charge >= 0.3 is 6.18 Å². The highest BCUT2D eigenvalue weighted by atomic mass is 35.5. The summed E-state index contributed by atoms with van der Waals surface area (Å²) >= 11 is 13.2. The Bertz CT molecular complexity index is 1060. The van der Waals surface area contributed by atoms with E-state index in [2.05, 4.69) is 10.3 Å². The standard InChI is InChI=1S/C20H13Cl2F3N2OS/c21-16-6-4-13(10-17(16)22)9-15-11-26-19(29-15)27-18(28)7-5-12-2-1-3-14(8-12)20(23,24)25/h1-8,10-11H,9H2,(H,26,27,28). The van der Waals surface area contributed by atoms with E-state index in [1.54, 1.807) is 18.3 Å². The van der Waals surface area contributed by atoms with Gasteiger partial charge in [-0.05, 0) is 41.5 Å². The highest BCUT2D eigenvalue weighted by Gasteiger charge is 2.30. The van der Waals surface area contributed by atoms with Gasteiger partial charge in [0, 0.05) is 23.6 Å². The topological polar surface area (TPSA) is 42.0 Å². The number of rotatable bonds is 5. The number of alkyl halides is 3. The second-order valence-electron chi connectivity index (χ2n) is 6.00. The third-order valence-electron chi connectivity index (χ3n) is 3.79. The molecule has 0 aliphatic heterocycles. The van der Waals surface area contributed by atoms with E-state index in [-0.39, 0.29) is 5.56 Å². The number of halogens is 5. The number of nitrogens with one attached hydrogen (secondary N) is 1. The fourth-order valence-corrected chi connectivity index (χ4v) is 3.61. The molecule has 0 spiro atoms. The summed E-state index contributed by atoms with van der Waals surface area (Å²) in [5, 5.41) is 3.92. The predicted octanol–water partition coefficient (Wildman–Crippen LogP) is 6.71. The molecule has 0 unspecified atom stereocenters. The molecule has 1 amide bonds. The number of anilines is 1. The van der Waals surface area contributed by atoms with Gasteiger partial charge in [0.1, 0.15) is 0 Å². The summed E-state index contributed by atoms with van der Waals surface area (Å²) in [6.07, 6.45) is 0.256. The molecule has 0 bridgehead atoms. The van der Waals surface area contributed by atoms with Crippen molar-refractivity contribution in [1.82, 2.24) is 4.98 Å². The number of hydrogen-bond acceptors (Lipinski definition) is 3. The number of carbonyl (C=O) groups is 1. The van der Waals surface area contributed by atoms with E-state index in [0.717, 1.165) is 28.6 Å². The molecule has 2 aromatic carbocycles. The molecule has 1 aromatic heterocycles. The maximum atomic E-state index is 12.7. The Morgan fingerprint density at radius 3 is 2.66 bits per heavy atom. The van der Waals surface area contributed by atoms with Crippen molar-refractivity contribution >= 4 is 51.7 Å². The molecule has 9 heteroatoms. The van der Waals surface area contributed by atoms with Gasteiger partial charge in [0.2, 0.25) is 5.91 Å². The van der Waals surface area contributed by atoms with Gasteiger partial charge in [-0.25, -0.2) is 4.98 Å². The van der Waals surface area contributed by atoms with E-state index in [0.29, 0.717) is 21.6 Å². The largest absolute Gasteiger partial charge is 0.416 e. The first-order chi connectivity index (χ1) is 13.7. The van der Waals surface area contributed by atoms with Gasteiger partial charge in [-0.3, -0.25) is 10.1 Å². The molecule has 0 aliphatic rings. The van der Waals surface area contributed by atoms with Crippen LogP contribution >= 0.6 is 34.5 Å². The van der Waals surface area contributed by atoms with Gasteiger partial charge in [-0.1, -0.05) is 41.4 Å². The fourth-order valence-electron chi connectivity index (χ4n) is 2.44. The van der Waals surface area contributed by atoms with Crippen LogP contribution in [0.15, 0.2) is 54.7 Å². The molecular formula is C20H13Cl2F3N2OS. The summed E-state index contributed by atoms with van der Waals surface area (Å²) < 4.78 is 38.2. The molecule has 0 saturated carbocycles. The number of thiazole rings is 1. The molecule has 1 heterocycles. The number of amides is 1. The minimum atomic E-state index is -4.43. The molecular weight excluding hydrogens is 444 g/mol. The molecule has 3 nitrogen and oxygen atoms in total. The van der Waals surface area contributed by atoms with E-state index in [1.807, 2.05) is 6.07 Å². The summed E-state index contributed by atoms with van der Waals surface area (Å²) in [5.74, 6) is -0.488. The monoisotopic (exact) mass is 456 g/mol. The van der Waals surface area contributed by atoms with Crippen molar-refractivity contribution < 1.29 is 18.0 Å². The van der Waals surface area contributed by atoms with Crippen molar-refractivity contribution in [3.05, 3.63) is 86.4 Å². The Kier molecular flexibility index (Phi) is 6.62. The summed E-state index contributed by atoms with van der Waals surface area (Å²) in [6, 6.07) is 10.0. The van der Waals surface area contributed by atoms with E-state index >= 15 is 0 Å². The van der Waals surface area contributed by atoms with E-state index in [4.69, 9.17) is 23.2 Å². The van der Waals surface area contributed by atoms with Crippen LogP contribution in [0.1, 0.15) is 21.6 Å². The van der Waals surface area contributed by atoms with E-state index < -0.39 is 17.6 Å². The minimum Gasteiger partial charge on any atom is -0.298 e. The van der Waals surface area contributed by atoms with Crippen molar-refractivity contribution in [1.29, 1.82) is 0 Å². The zero-order valence-electron chi connectivity index (χ0n) is 14.6. The van der Waals surface area contributed by atoms with Gasteiger partial charge in [0.25, 0.3) is 0 Å². The third kappa shape index (κ3) is 6.06. The Morgan fingerprint density at radius 2 is 1.93 bits per heavy atom. The maximum absolute atomic E-state index is 12.7. The van der Waals surface area contributed by atoms with Crippen LogP contribution in [-0.2, 0) is 17.4 Å². The average molecular weight is 457 g/mol. The van der Waals surface area contributed by atoms with Crippen LogP contribution in [0.25, 0.3) is 6.08 Å². The zero-order valence-corrected chi connectivity index (χ0v) is 17.0. The van der Waals surface area contributed by atoms with Gasteiger partial charge in [-0.15, -0.1) is 11.3 Å². The lowest BCUT2D eigenvalue weighted by molar-refractivity contribution is -0.137. The molecule has 150 valence electrons. The molecule has 0 radical (unpaired) electrons. The lowest BCUT2D eigenvalue weighted by Gasteiger charge is -2.06. The van der Waals surface area contributed by atoms with Gasteiger partial charge in [-0.2, -0.15) is 13.2 Å². The first-order valence-corrected chi connectivity index (χ1v) is 9.83. The van der Waals surface area contributed by atoms with Crippen LogP contribution in [0.2, 0.25) is 10.0 Å². The van der Waals surface area contributed by atoms with E-state index in [9.17, 15) is 18.0 Å². The SMILES string of the molecule is O=C(C=Cc1cccc(C(F)(F)F)c1)Nc1ncc(Cc2ccc(Cl)c(Cl)c2)s1. The van der Waals surface area contributed by atoms with E-state index in [1.165, 1.54) is 29.5 Å². The molecule has 0 atom stereocenters. The Labute approximate surface area is 178 Å². The minimum absolute atomic E-state index is 0.273. The summed E-state index contributed by atoms with van der Waals surface area (Å²) in [5.41, 5.74) is 0.451. The molecule has 0 aliphatic carbocycles. The third-order valence-corrected chi connectivity index (χ3v) is 5.44. The number of aromatic nitrogens is 1. The van der Waals surface area contributed by atoms with Crippen molar-refractivity contribution in [2.45, 2.75) is 12.6 Å². The summed E-state index contributed by atoms with van der Waals surface area (Å²) in [7, 11) is 0. The Hall–Kier alpha value is -2.35. The highest BCUT2D eigenvalue weighted by molar-refractivity contribution is 7.15. The van der Waals surface area contributed by atoms with Crippen LogP contribution in [0.5, 0.6) is 0 Å². The number of benzene rings is 2. The molecule has 29 heavy (non-hydrogen) atoms. The zero-order chi connectivity index (χ0) is 21.0. The van der Waals surface area contributed by atoms with Crippen LogP contribution in [0.4, 0.5) is 18.3 Å². The Balaban J connectivity index is 1.61. The fraction of sp³-hybridized carbons (Fsp3) is 0.100. The predicted molar refractivity (Wildman–Crippen MR) is 110 cm³/mol. The van der Waals surface area contributed by atoms with Crippen molar-refractivity contribution in [2.24, 2.45) is 0 Å². The summed E-state index contributed by atoms with van der Waals surface area (Å²) in [4.78, 5) is 17.1. The van der Waals surface area contributed by atoms with Crippen LogP contribution in [0, 0.1) is 0 Å². The maximum Gasteiger partial charge on any atom is 0.416 e. The lowest BCUT2D eigenvalue weighted by atomic mass is 10.1. The first kappa shape index (κ1) is 21.4. The quantitative estimate of drug-likeness (QED) is 0.433. The highest BCUT2D eigenvalue weighted by Crippen LogP contribution is 2.30. The number of nitrogens with zero attached hydrogens (tertiary/aromatic N) is 1. The van der Waals surface area contributed by atoms with Crippen molar-refractivity contribution in [3.8, 4) is 0 Å². The normalized spacial score (nSPS) is 11.8. The first-order valence-electron chi connectivity index (χ1n) is 8.25. The van der Waals surface area contributed by atoms with Gasteiger partial charge in [0.15, 0.2) is 5.13 Å².